The molecule has 74 valence electrons. The Hall–Kier alpha value is -0.400. The zero-order valence-electron chi connectivity index (χ0n) is 6.96. The summed E-state index contributed by atoms with van der Waals surface area (Å²) < 4.78 is 49.6. The van der Waals surface area contributed by atoms with Crippen molar-refractivity contribution in [2.45, 2.75) is 12.3 Å². The molecule has 0 aliphatic rings. The molecule has 0 rings (SSSR count). The molecule has 0 spiro atoms. The summed E-state index contributed by atoms with van der Waals surface area (Å²) >= 11 is 0. The van der Waals surface area contributed by atoms with Crippen LogP contribution in [0, 0.1) is 0 Å². The Labute approximate surface area is 67.7 Å². The average molecular weight is 189 g/mol. The summed E-state index contributed by atoms with van der Waals surface area (Å²) in [5, 5.41) is 2.23. The number of nitrogens with one attached hydrogen (secondary N) is 2. The van der Waals surface area contributed by atoms with Crippen LogP contribution in [0.5, 0.6) is 0 Å². The molecule has 0 unspecified atom stereocenters. The molecule has 0 bridgehead atoms. The Morgan fingerprint density at radius 1 is 1.08 bits per heavy atom. The van der Waals surface area contributed by atoms with Crippen LogP contribution in [0.3, 0.4) is 0 Å². The molecule has 0 radical (unpaired) electrons. The van der Waals surface area contributed by atoms with Gasteiger partial charge in [-0.25, -0.2) is 10.2 Å². The van der Waals surface area contributed by atoms with Gasteiger partial charge >= 0.3 is 12.3 Å². The van der Waals surface area contributed by atoms with Crippen molar-refractivity contribution in [1.82, 2.24) is 15.5 Å². The molecule has 0 aliphatic heterocycles. The number of halogens is 4. The molecule has 3 nitrogen and oxygen atoms in total. The lowest BCUT2D eigenvalue weighted by atomic mass is 10.7. The lowest BCUT2D eigenvalue weighted by Crippen LogP contribution is -2.60. The Morgan fingerprint density at radius 3 is 1.75 bits per heavy atom. The van der Waals surface area contributed by atoms with E-state index in [9.17, 15) is 17.6 Å². The van der Waals surface area contributed by atoms with Crippen LogP contribution in [0.4, 0.5) is 17.6 Å². The SMILES string of the molecule is CNC(F)(F)NC(F)(F)N(C)C. The molecular weight excluding hydrogens is 178 g/mol. The van der Waals surface area contributed by atoms with Crippen molar-refractivity contribution >= 4 is 0 Å². The predicted octanol–water partition coefficient (Wildman–Crippen LogP) is 0.458. The summed E-state index contributed by atoms with van der Waals surface area (Å²) in [6.45, 7) is 0. The van der Waals surface area contributed by atoms with Gasteiger partial charge in [-0.15, -0.1) is 0 Å². The third kappa shape index (κ3) is 3.33. The zero-order chi connectivity index (χ0) is 9.99. The van der Waals surface area contributed by atoms with Gasteiger partial charge in [0.25, 0.3) is 0 Å². The normalized spacial score (nSPS) is 14.0. The van der Waals surface area contributed by atoms with Crippen LogP contribution in [0.15, 0.2) is 0 Å². The zero-order valence-corrected chi connectivity index (χ0v) is 6.96. The average Bonchev–Trinajstić information content (AvgIpc) is 1.85. The number of rotatable bonds is 4. The minimum Gasteiger partial charge on any atom is -0.247 e. The number of hydrogen-bond acceptors (Lipinski definition) is 3. The molecule has 12 heavy (non-hydrogen) atoms. The van der Waals surface area contributed by atoms with E-state index < -0.39 is 12.3 Å². The highest BCUT2D eigenvalue weighted by molar-refractivity contribution is 4.65. The van der Waals surface area contributed by atoms with Gasteiger partial charge in [0.1, 0.15) is 0 Å². The summed E-state index contributed by atoms with van der Waals surface area (Å²) in [6.07, 6.45) is -7.53. The summed E-state index contributed by atoms with van der Waals surface area (Å²) in [6, 6.07) is 0. The standard InChI is InChI=1S/C5H11F4N3/c1-10-4(6,7)11-5(8,9)12(2)3/h10-11H,1-3H3. The molecule has 0 aromatic rings. The first-order valence-corrected chi connectivity index (χ1v) is 3.12. The van der Waals surface area contributed by atoms with Crippen molar-refractivity contribution in [3.8, 4) is 0 Å². The molecule has 0 saturated carbocycles. The van der Waals surface area contributed by atoms with Gasteiger partial charge in [0.05, 0.1) is 0 Å². The molecule has 0 atom stereocenters. The van der Waals surface area contributed by atoms with Crippen molar-refractivity contribution in [2.75, 3.05) is 21.1 Å². The summed E-state index contributed by atoms with van der Waals surface area (Å²) in [5.74, 6) is 0. The van der Waals surface area contributed by atoms with Gasteiger partial charge in [0, 0.05) is 0 Å². The van der Waals surface area contributed by atoms with Gasteiger partial charge in [-0.2, -0.15) is 22.9 Å². The van der Waals surface area contributed by atoms with Crippen LogP contribution >= 0.6 is 0 Å². The van der Waals surface area contributed by atoms with E-state index in [4.69, 9.17) is 0 Å². The molecule has 0 aromatic heterocycles. The molecule has 0 heterocycles. The first kappa shape index (κ1) is 11.6. The maximum atomic E-state index is 12.5. The first-order chi connectivity index (χ1) is 5.21. The second kappa shape index (κ2) is 3.55. The summed E-state index contributed by atoms with van der Waals surface area (Å²) in [4.78, 5) is 0.345. The van der Waals surface area contributed by atoms with E-state index in [0.717, 1.165) is 26.5 Å². The maximum absolute atomic E-state index is 12.5. The predicted molar refractivity (Wildman–Crippen MR) is 35.8 cm³/mol. The molecular formula is C5H11F4N3. The van der Waals surface area contributed by atoms with E-state index in [-0.39, 0.29) is 0 Å². The van der Waals surface area contributed by atoms with E-state index >= 15 is 0 Å². The van der Waals surface area contributed by atoms with Crippen LogP contribution in [-0.2, 0) is 0 Å². The molecule has 0 aromatic carbocycles. The Kier molecular flexibility index (Phi) is 3.43. The minimum atomic E-state index is -3.78. The van der Waals surface area contributed by atoms with Gasteiger partial charge in [-0.1, -0.05) is 0 Å². The fraction of sp³-hybridized carbons (Fsp3) is 1.00. The van der Waals surface area contributed by atoms with Crippen LogP contribution in [0.25, 0.3) is 0 Å². The largest absolute Gasteiger partial charge is 0.372 e. The molecule has 0 amide bonds. The topological polar surface area (TPSA) is 27.3 Å². The Morgan fingerprint density at radius 2 is 1.50 bits per heavy atom. The quantitative estimate of drug-likeness (QED) is 0.382. The highest BCUT2D eigenvalue weighted by Crippen LogP contribution is 2.17. The Balaban J connectivity index is 4.23. The van der Waals surface area contributed by atoms with E-state index in [0.29, 0.717) is 4.90 Å². The number of hydrogen-bond donors (Lipinski definition) is 2. The van der Waals surface area contributed by atoms with Crippen LogP contribution in [0.2, 0.25) is 0 Å². The molecule has 7 heteroatoms. The first-order valence-electron chi connectivity index (χ1n) is 3.12. The fourth-order valence-corrected chi connectivity index (χ4v) is 0.363. The highest BCUT2D eigenvalue weighted by atomic mass is 19.3. The molecule has 0 saturated heterocycles. The maximum Gasteiger partial charge on any atom is 0.372 e. The monoisotopic (exact) mass is 189 g/mol. The summed E-state index contributed by atoms with van der Waals surface area (Å²) in [5.41, 5.74) is 0. The van der Waals surface area contributed by atoms with E-state index in [1.54, 1.807) is 0 Å². The second-order valence-corrected chi connectivity index (χ2v) is 2.39. The molecule has 0 fully saturated rings. The van der Waals surface area contributed by atoms with E-state index in [1.165, 1.54) is 5.32 Å². The third-order valence-electron chi connectivity index (χ3n) is 1.18. The lowest BCUT2D eigenvalue weighted by Gasteiger charge is -2.28. The van der Waals surface area contributed by atoms with Crippen molar-refractivity contribution in [3.63, 3.8) is 0 Å². The number of alkyl halides is 4. The Bertz CT molecular complexity index is 148. The van der Waals surface area contributed by atoms with Gasteiger partial charge in [0.15, 0.2) is 0 Å². The molecule has 2 N–H and O–H groups in total. The van der Waals surface area contributed by atoms with Gasteiger partial charge in [-0.05, 0) is 21.1 Å². The second-order valence-electron chi connectivity index (χ2n) is 2.39. The third-order valence-corrected chi connectivity index (χ3v) is 1.18. The fourth-order valence-electron chi connectivity index (χ4n) is 0.363. The van der Waals surface area contributed by atoms with Gasteiger partial charge < -0.3 is 0 Å². The van der Waals surface area contributed by atoms with Crippen LogP contribution < -0.4 is 10.6 Å². The number of nitrogens with zero attached hydrogens (tertiary/aromatic N) is 1. The van der Waals surface area contributed by atoms with E-state index in [1.807, 2.05) is 0 Å². The minimum absolute atomic E-state index is 0.345. The van der Waals surface area contributed by atoms with Crippen molar-refractivity contribution in [1.29, 1.82) is 0 Å². The van der Waals surface area contributed by atoms with Crippen LogP contribution in [-0.4, -0.2) is 38.4 Å². The van der Waals surface area contributed by atoms with Gasteiger partial charge in [-0.3, -0.25) is 0 Å². The van der Waals surface area contributed by atoms with Crippen molar-refractivity contribution < 1.29 is 17.6 Å². The van der Waals surface area contributed by atoms with Crippen molar-refractivity contribution in [2.24, 2.45) is 0 Å². The lowest BCUT2D eigenvalue weighted by molar-refractivity contribution is -0.222. The summed E-state index contributed by atoms with van der Waals surface area (Å²) in [7, 11) is 2.84. The van der Waals surface area contributed by atoms with Crippen molar-refractivity contribution in [3.05, 3.63) is 0 Å². The highest BCUT2D eigenvalue weighted by Gasteiger charge is 2.42. The van der Waals surface area contributed by atoms with E-state index in [2.05, 4.69) is 0 Å². The van der Waals surface area contributed by atoms with Gasteiger partial charge in [0.2, 0.25) is 0 Å². The smallest absolute Gasteiger partial charge is 0.247 e. The van der Waals surface area contributed by atoms with Crippen LogP contribution in [0.1, 0.15) is 0 Å². The molecule has 0 aliphatic carbocycles.